The first-order chi connectivity index (χ1) is 8.17. The molecule has 2 nitrogen and oxygen atoms in total. The van der Waals surface area contributed by atoms with E-state index in [1.165, 1.54) is 28.6 Å². The lowest BCUT2D eigenvalue weighted by atomic mass is 10.1. The molecule has 0 amide bonds. The zero-order valence-electron chi connectivity index (χ0n) is 10.8. The summed E-state index contributed by atoms with van der Waals surface area (Å²) < 4.78 is 1.20. The molecule has 1 aromatic rings. The Morgan fingerprint density at radius 3 is 2.65 bits per heavy atom. The van der Waals surface area contributed by atoms with Crippen LogP contribution in [0.5, 0.6) is 0 Å². The van der Waals surface area contributed by atoms with Crippen molar-refractivity contribution in [3.8, 4) is 0 Å². The number of rotatable bonds is 5. The first-order valence-corrected chi connectivity index (χ1v) is 7.20. The predicted molar refractivity (Wildman–Crippen MR) is 77.7 cm³/mol. The second-order valence-electron chi connectivity index (χ2n) is 4.73. The first kappa shape index (κ1) is 12.9. The highest BCUT2D eigenvalue weighted by Gasteiger charge is 2.28. The Kier molecular flexibility index (Phi) is 4.10. The van der Waals surface area contributed by atoms with Gasteiger partial charge in [-0.3, -0.25) is 0 Å². The molecule has 0 aliphatic heterocycles. The number of hydrogen-bond acceptors (Lipinski definition) is 2. The normalized spacial score (nSPS) is 16.9. The highest BCUT2D eigenvalue weighted by atomic mass is 79.9. The van der Waals surface area contributed by atoms with Crippen molar-refractivity contribution in [3.05, 3.63) is 28.2 Å². The van der Waals surface area contributed by atoms with Crippen LogP contribution in [0.1, 0.15) is 38.3 Å². The van der Waals surface area contributed by atoms with Crippen LogP contribution in [0.4, 0.5) is 5.69 Å². The molecule has 0 saturated heterocycles. The zero-order chi connectivity index (χ0) is 12.4. The van der Waals surface area contributed by atoms with Gasteiger partial charge in [0, 0.05) is 28.8 Å². The molecule has 1 saturated carbocycles. The molecular weight excluding hydrogens is 276 g/mol. The Morgan fingerprint density at radius 2 is 2.18 bits per heavy atom. The average molecular weight is 297 g/mol. The van der Waals surface area contributed by atoms with Gasteiger partial charge in [0.2, 0.25) is 0 Å². The van der Waals surface area contributed by atoms with E-state index in [-0.39, 0.29) is 0 Å². The highest BCUT2D eigenvalue weighted by molar-refractivity contribution is 9.10. The molecule has 0 heterocycles. The van der Waals surface area contributed by atoms with Crippen molar-refractivity contribution in [1.82, 2.24) is 5.32 Å². The monoisotopic (exact) mass is 296 g/mol. The topological polar surface area (TPSA) is 15.3 Å². The van der Waals surface area contributed by atoms with Crippen molar-refractivity contribution < 1.29 is 0 Å². The summed E-state index contributed by atoms with van der Waals surface area (Å²) in [5, 5.41) is 3.28. The predicted octanol–water partition coefficient (Wildman–Crippen LogP) is 3.72. The minimum Gasteiger partial charge on any atom is -0.369 e. The van der Waals surface area contributed by atoms with Crippen molar-refractivity contribution in [1.29, 1.82) is 0 Å². The molecule has 1 aliphatic carbocycles. The molecule has 1 N–H and O–H groups in total. The van der Waals surface area contributed by atoms with Crippen LogP contribution in [0, 0.1) is 0 Å². The molecule has 3 heteroatoms. The lowest BCUT2D eigenvalue weighted by molar-refractivity contribution is 0.649. The molecule has 1 unspecified atom stereocenters. The number of benzene rings is 1. The SMILES string of the molecule is CCN(c1ccc(C(C)NC)c(Br)c1)C1CC1. The fraction of sp³-hybridized carbons (Fsp3) is 0.571. The van der Waals surface area contributed by atoms with E-state index in [2.05, 4.69) is 58.2 Å². The molecule has 0 bridgehead atoms. The Hall–Kier alpha value is -0.540. The van der Waals surface area contributed by atoms with Gasteiger partial charge in [0.25, 0.3) is 0 Å². The van der Waals surface area contributed by atoms with Crippen LogP contribution < -0.4 is 10.2 Å². The third-order valence-electron chi connectivity index (χ3n) is 3.54. The molecule has 0 radical (unpaired) electrons. The lowest BCUT2D eigenvalue weighted by Crippen LogP contribution is -2.25. The van der Waals surface area contributed by atoms with Gasteiger partial charge in [0.05, 0.1) is 0 Å². The summed E-state index contributed by atoms with van der Waals surface area (Å²) >= 11 is 3.69. The fourth-order valence-corrected chi connectivity index (χ4v) is 2.95. The van der Waals surface area contributed by atoms with Crippen molar-refractivity contribution in [3.63, 3.8) is 0 Å². The van der Waals surface area contributed by atoms with Crippen LogP contribution in [-0.4, -0.2) is 19.6 Å². The maximum Gasteiger partial charge on any atom is 0.0380 e. The third kappa shape index (κ3) is 2.83. The van der Waals surface area contributed by atoms with E-state index in [4.69, 9.17) is 0 Å². The maximum atomic E-state index is 3.69. The Labute approximate surface area is 113 Å². The summed E-state index contributed by atoms with van der Waals surface area (Å²) in [5.41, 5.74) is 2.66. The van der Waals surface area contributed by atoms with Crippen LogP contribution in [0.2, 0.25) is 0 Å². The zero-order valence-corrected chi connectivity index (χ0v) is 12.4. The molecule has 17 heavy (non-hydrogen) atoms. The summed E-state index contributed by atoms with van der Waals surface area (Å²) in [5.74, 6) is 0. The van der Waals surface area contributed by atoms with E-state index < -0.39 is 0 Å². The van der Waals surface area contributed by atoms with Crippen LogP contribution in [0.15, 0.2) is 22.7 Å². The van der Waals surface area contributed by atoms with E-state index in [0.29, 0.717) is 6.04 Å². The van der Waals surface area contributed by atoms with Gasteiger partial charge in [-0.25, -0.2) is 0 Å². The highest BCUT2D eigenvalue weighted by Crippen LogP contribution is 2.34. The first-order valence-electron chi connectivity index (χ1n) is 6.40. The average Bonchev–Trinajstić information content (AvgIpc) is 3.14. The molecule has 1 atom stereocenters. The van der Waals surface area contributed by atoms with Crippen molar-refractivity contribution in [2.45, 2.75) is 38.8 Å². The smallest absolute Gasteiger partial charge is 0.0380 e. The maximum absolute atomic E-state index is 3.69. The van der Waals surface area contributed by atoms with Crippen LogP contribution >= 0.6 is 15.9 Å². The van der Waals surface area contributed by atoms with Crippen LogP contribution in [0.3, 0.4) is 0 Å². The van der Waals surface area contributed by atoms with E-state index >= 15 is 0 Å². The quantitative estimate of drug-likeness (QED) is 0.891. The summed E-state index contributed by atoms with van der Waals surface area (Å²) in [6.45, 7) is 5.51. The van der Waals surface area contributed by atoms with Gasteiger partial charge in [-0.15, -0.1) is 0 Å². The lowest BCUT2D eigenvalue weighted by Gasteiger charge is -2.24. The number of halogens is 1. The molecule has 0 spiro atoms. The molecular formula is C14H21BrN2. The Balaban J connectivity index is 2.23. The summed E-state index contributed by atoms with van der Waals surface area (Å²) in [4.78, 5) is 2.50. The van der Waals surface area contributed by atoms with Crippen molar-refractivity contribution in [2.24, 2.45) is 0 Å². The minimum absolute atomic E-state index is 0.384. The fourth-order valence-electron chi connectivity index (χ4n) is 2.24. The summed E-state index contributed by atoms with van der Waals surface area (Å²) in [7, 11) is 1.99. The number of hydrogen-bond donors (Lipinski definition) is 1. The van der Waals surface area contributed by atoms with E-state index in [0.717, 1.165) is 12.6 Å². The van der Waals surface area contributed by atoms with Crippen molar-refractivity contribution >= 4 is 21.6 Å². The second-order valence-corrected chi connectivity index (χ2v) is 5.59. The summed E-state index contributed by atoms with van der Waals surface area (Å²) in [6.07, 6.45) is 2.69. The molecule has 2 rings (SSSR count). The van der Waals surface area contributed by atoms with Crippen molar-refractivity contribution in [2.75, 3.05) is 18.5 Å². The van der Waals surface area contributed by atoms with Crippen LogP contribution in [-0.2, 0) is 0 Å². The minimum atomic E-state index is 0.384. The third-order valence-corrected chi connectivity index (χ3v) is 4.23. The number of nitrogens with one attached hydrogen (secondary N) is 1. The Bertz CT molecular complexity index is 388. The standard InChI is InChI=1S/C14H21BrN2/c1-4-17(11-5-6-11)12-7-8-13(10(2)16-3)14(15)9-12/h7-11,16H,4-6H2,1-3H3. The molecule has 94 valence electrons. The molecule has 1 fully saturated rings. The number of nitrogens with zero attached hydrogens (tertiary/aromatic N) is 1. The van der Waals surface area contributed by atoms with Gasteiger partial charge in [-0.05, 0) is 51.4 Å². The van der Waals surface area contributed by atoms with Gasteiger partial charge in [0.15, 0.2) is 0 Å². The van der Waals surface area contributed by atoms with Gasteiger partial charge in [-0.2, -0.15) is 0 Å². The molecule has 0 aromatic heterocycles. The van der Waals surface area contributed by atoms with Crippen LogP contribution in [0.25, 0.3) is 0 Å². The Morgan fingerprint density at radius 1 is 1.47 bits per heavy atom. The summed E-state index contributed by atoms with van der Waals surface area (Å²) in [6, 6.07) is 7.89. The number of anilines is 1. The van der Waals surface area contributed by atoms with Gasteiger partial charge >= 0.3 is 0 Å². The van der Waals surface area contributed by atoms with E-state index in [1.807, 2.05) is 7.05 Å². The van der Waals surface area contributed by atoms with E-state index in [9.17, 15) is 0 Å². The largest absolute Gasteiger partial charge is 0.369 e. The molecule has 1 aromatic carbocycles. The second kappa shape index (κ2) is 5.40. The van der Waals surface area contributed by atoms with Gasteiger partial charge < -0.3 is 10.2 Å². The van der Waals surface area contributed by atoms with E-state index in [1.54, 1.807) is 0 Å². The van der Waals surface area contributed by atoms with Gasteiger partial charge in [0.1, 0.15) is 0 Å². The molecule has 1 aliphatic rings. The van der Waals surface area contributed by atoms with Gasteiger partial charge in [-0.1, -0.05) is 22.0 Å².